The number of para-hydroxylation sites is 1. The van der Waals surface area contributed by atoms with Crippen molar-refractivity contribution in [3.05, 3.63) is 54.6 Å². The molecule has 2 N–H and O–H groups in total. The lowest BCUT2D eigenvalue weighted by Crippen LogP contribution is -2.33. The van der Waals surface area contributed by atoms with Crippen molar-refractivity contribution in [1.29, 1.82) is 0 Å². The molecule has 0 aliphatic carbocycles. The van der Waals surface area contributed by atoms with Gasteiger partial charge < -0.3 is 20.1 Å². The molecule has 1 aliphatic rings. The summed E-state index contributed by atoms with van der Waals surface area (Å²) in [6.07, 6.45) is 0.855. The van der Waals surface area contributed by atoms with Crippen molar-refractivity contribution < 1.29 is 14.6 Å². The second kappa shape index (κ2) is 7.15. The van der Waals surface area contributed by atoms with E-state index in [1.165, 1.54) is 0 Å². The molecule has 120 valence electrons. The lowest BCUT2D eigenvalue weighted by molar-refractivity contribution is 0.209. The van der Waals surface area contributed by atoms with E-state index in [1.54, 1.807) is 4.90 Å². The quantitative estimate of drug-likeness (QED) is 0.910. The van der Waals surface area contributed by atoms with E-state index in [4.69, 9.17) is 9.84 Å². The lowest BCUT2D eigenvalue weighted by atomic mass is 10.1. The molecule has 23 heavy (non-hydrogen) atoms. The fourth-order valence-electron chi connectivity index (χ4n) is 2.60. The van der Waals surface area contributed by atoms with Crippen LogP contribution in [0.5, 0.6) is 11.5 Å². The summed E-state index contributed by atoms with van der Waals surface area (Å²) in [7, 11) is 0. The summed E-state index contributed by atoms with van der Waals surface area (Å²) in [4.78, 5) is 13.9. The summed E-state index contributed by atoms with van der Waals surface area (Å²) in [5.41, 5.74) is 0.725. The average molecular weight is 312 g/mol. The van der Waals surface area contributed by atoms with Crippen LogP contribution in [0.25, 0.3) is 0 Å². The van der Waals surface area contributed by atoms with E-state index >= 15 is 0 Å². The van der Waals surface area contributed by atoms with Gasteiger partial charge in [-0.15, -0.1) is 0 Å². The molecule has 1 heterocycles. The topological polar surface area (TPSA) is 61.8 Å². The zero-order valence-corrected chi connectivity index (χ0v) is 12.8. The Morgan fingerprint density at radius 2 is 1.83 bits per heavy atom. The molecule has 0 saturated carbocycles. The van der Waals surface area contributed by atoms with Gasteiger partial charge >= 0.3 is 6.03 Å². The van der Waals surface area contributed by atoms with Crippen LogP contribution in [0.3, 0.4) is 0 Å². The Labute approximate surface area is 135 Å². The van der Waals surface area contributed by atoms with Crippen LogP contribution in [0.2, 0.25) is 0 Å². The number of hydrogen-bond acceptors (Lipinski definition) is 3. The number of carbonyl (C=O) groups excluding carboxylic acids is 1. The van der Waals surface area contributed by atoms with E-state index in [0.29, 0.717) is 13.1 Å². The molecule has 2 aromatic carbocycles. The fraction of sp³-hybridized carbons (Fsp3) is 0.278. The van der Waals surface area contributed by atoms with Gasteiger partial charge in [0.1, 0.15) is 11.5 Å². The Bertz CT molecular complexity index is 643. The molecule has 1 atom stereocenters. The van der Waals surface area contributed by atoms with Crippen molar-refractivity contribution in [2.45, 2.75) is 6.42 Å². The molecule has 1 aliphatic heterocycles. The highest BCUT2D eigenvalue weighted by molar-refractivity contribution is 5.89. The number of urea groups is 1. The van der Waals surface area contributed by atoms with E-state index in [2.05, 4.69) is 5.32 Å². The molecule has 0 radical (unpaired) electrons. The van der Waals surface area contributed by atoms with Crippen LogP contribution in [-0.2, 0) is 0 Å². The first-order chi connectivity index (χ1) is 11.2. The van der Waals surface area contributed by atoms with Crippen molar-refractivity contribution in [3.8, 4) is 11.5 Å². The summed E-state index contributed by atoms with van der Waals surface area (Å²) in [5, 5.41) is 12.0. The van der Waals surface area contributed by atoms with Crippen LogP contribution in [0.15, 0.2) is 54.6 Å². The third-order valence-electron chi connectivity index (χ3n) is 3.92. The van der Waals surface area contributed by atoms with Crippen molar-refractivity contribution in [3.63, 3.8) is 0 Å². The maximum absolute atomic E-state index is 12.2. The largest absolute Gasteiger partial charge is 0.457 e. The first kappa shape index (κ1) is 15.4. The maximum atomic E-state index is 12.2. The summed E-state index contributed by atoms with van der Waals surface area (Å²) >= 11 is 0. The molecule has 5 heteroatoms. The van der Waals surface area contributed by atoms with Crippen LogP contribution in [0.1, 0.15) is 6.42 Å². The molecule has 2 amide bonds. The van der Waals surface area contributed by atoms with Crippen molar-refractivity contribution >= 4 is 11.7 Å². The summed E-state index contributed by atoms with van der Waals surface area (Å²) in [5.74, 6) is 1.69. The fourth-order valence-corrected chi connectivity index (χ4v) is 2.60. The summed E-state index contributed by atoms with van der Waals surface area (Å²) in [6, 6.07) is 16.7. The van der Waals surface area contributed by atoms with Crippen LogP contribution in [0.4, 0.5) is 10.5 Å². The molecule has 2 aromatic rings. The standard InChI is InChI=1S/C18H20N2O3/c21-13-14-10-11-20(12-14)18(22)19-15-6-8-17(9-7-15)23-16-4-2-1-3-5-16/h1-9,14,21H,10-13H2,(H,19,22). The number of anilines is 1. The van der Waals surface area contributed by atoms with Crippen LogP contribution >= 0.6 is 0 Å². The number of benzene rings is 2. The number of rotatable bonds is 4. The minimum atomic E-state index is -0.127. The number of likely N-dealkylation sites (tertiary alicyclic amines) is 1. The van der Waals surface area contributed by atoms with Gasteiger partial charge in [-0.2, -0.15) is 0 Å². The van der Waals surface area contributed by atoms with Gasteiger partial charge in [0, 0.05) is 31.3 Å². The van der Waals surface area contributed by atoms with Gasteiger partial charge in [0.2, 0.25) is 0 Å². The number of ether oxygens (including phenoxy) is 1. The Morgan fingerprint density at radius 1 is 1.13 bits per heavy atom. The lowest BCUT2D eigenvalue weighted by Gasteiger charge is -2.17. The van der Waals surface area contributed by atoms with Gasteiger partial charge in [0.05, 0.1) is 0 Å². The minimum Gasteiger partial charge on any atom is -0.457 e. The van der Waals surface area contributed by atoms with Gasteiger partial charge in [-0.1, -0.05) is 18.2 Å². The number of nitrogens with zero attached hydrogens (tertiary/aromatic N) is 1. The zero-order chi connectivity index (χ0) is 16.1. The van der Waals surface area contributed by atoms with Crippen molar-refractivity contribution in [2.75, 3.05) is 25.0 Å². The molecule has 1 saturated heterocycles. The molecular weight excluding hydrogens is 292 g/mol. The maximum Gasteiger partial charge on any atom is 0.321 e. The van der Waals surface area contributed by atoms with Crippen LogP contribution in [-0.4, -0.2) is 35.7 Å². The smallest absolute Gasteiger partial charge is 0.321 e. The van der Waals surface area contributed by atoms with Crippen LogP contribution < -0.4 is 10.1 Å². The third kappa shape index (κ3) is 4.02. The molecule has 1 fully saturated rings. The highest BCUT2D eigenvalue weighted by Crippen LogP contribution is 2.23. The predicted octanol–water partition coefficient (Wildman–Crippen LogP) is 3.33. The van der Waals surface area contributed by atoms with Gasteiger partial charge in [-0.3, -0.25) is 0 Å². The monoisotopic (exact) mass is 312 g/mol. The predicted molar refractivity (Wildman–Crippen MR) is 88.7 cm³/mol. The first-order valence-electron chi connectivity index (χ1n) is 7.74. The van der Waals surface area contributed by atoms with Crippen molar-refractivity contribution in [1.82, 2.24) is 4.90 Å². The van der Waals surface area contributed by atoms with Gasteiger partial charge in [0.15, 0.2) is 0 Å². The average Bonchev–Trinajstić information content (AvgIpc) is 3.07. The molecule has 1 unspecified atom stereocenters. The van der Waals surface area contributed by atoms with Crippen molar-refractivity contribution in [2.24, 2.45) is 5.92 Å². The van der Waals surface area contributed by atoms with Crippen LogP contribution in [0, 0.1) is 5.92 Å². The second-order valence-corrected chi connectivity index (χ2v) is 5.65. The molecular formula is C18H20N2O3. The Kier molecular flexibility index (Phi) is 4.78. The van der Waals surface area contributed by atoms with E-state index in [0.717, 1.165) is 23.6 Å². The van der Waals surface area contributed by atoms with E-state index in [9.17, 15) is 4.79 Å². The Hall–Kier alpha value is -2.53. The zero-order valence-electron chi connectivity index (χ0n) is 12.8. The number of amides is 2. The summed E-state index contributed by atoms with van der Waals surface area (Å²) < 4.78 is 5.72. The first-order valence-corrected chi connectivity index (χ1v) is 7.74. The third-order valence-corrected chi connectivity index (χ3v) is 3.92. The minimum absolute atomic E-state index is 0.127. The number of hydrogen-bond donors (Lipinski definition) is 2. The Morgan fingerprint density at radius 3 is 2.48 bits per heavy atom. The highest BCUT2D eigenvalue weighted by Gasteiger charge is 2.25. The molecule has 5 nitrogen and oxygen atoms in total. The molecule has 3 rings (SSSR count). The molecule has 0 bridgehead atoms. The van der Waals surface area contributed by atoms with Gasteiger partial charge in [-0.05, 0) is 42.8 Å². The normalized spacial score (nSPS) is 17.1. The Balaban J connectivity index is 1.56. The summed E-state index contributed by atoms with van der Waals surface area (Å²) in [6.45, 7) is 1.43. The van der Waals surface area contributed by atoms with Gasteiger partial charge in [0.25, 0.3) is 0 Å². The van der Waals surface area contributed by atoms with E-state index in [-0.39, 0.29) is 18.6 Å². The number of nitrogens with one attached hydrogen (secondary N) is 1. The van der Waals surface area contributed by atoms with E-state index < -0.39 is 0 Å². The number of aliphatic hydroxyl groups is 1. The molecule has 0 aromatic heterocycles. The van der Waals surface area contributed by atoms with E-state index in [1.807, 2.05) is 54.6 Å². The highest BCUT2D eigenvalue weighted by atomic mass is 16.5. The number of aliphatic hydroxyl groups excluding tert-OH is 1. The number of carbonyl (C=O) groups is 1. The SMILES string of the molecule is O=C(Nc1ccc(Oc2ccccc2)cc1)N1CCC(CO)C1. The van der Waals surface area contributed by atoms with Gasteiger partial charge in [-0.25, -0.2) is 4.79 Å². The molecule has 0 spiro atoms. The second-order valence-electron chi connectivity index (χ2n) is 5.65.